The second kappa shape index (κ2) is 6.92. The Labute approximate surface area is 151 Å². The van der Waals surface area contributed by atoms with Crippen LogP contribution in [0.5, 0.6) is 0 Å². The molecule has 7 heteroatoms. The average molecular weight is 354 g/mol. The molecule has 1 amide bonds. The number of hydrogen-bond donors (Lipinski definition) is 2. The average Bonchev–Trinajstić information content (AvgIpc) is 3.33. The van der Waals surface area contributed by atoms with E-state index in [0.29, 0.717) is 13.0 Å². The van der Waals surface area contributed by atoms with Crippen LogP contribution in [0.2, 0.25) is 0 Å². The first-order valence-corrected chi connectivity index (χ1v) is 8.85. The molecule has 0 radical (unpaired) electrons. The zero-order valence-corrected chi connectivity index (χ0v) is 14.6. The lowest BCUT2D eigenvalue weighted by Crippen LogP contribution is -2.33. The van der Waals surface area contributed by atoms with Gasteiger partial charge in [0.1, 0.15) is 17.7 Å². The first kappa shape index (κ1) is 16.8. The van der Waals surface area contributed by atoms with E-state index >= 15 is 0 Å². The number of aromatic nitrogens is 3. The van der Waals surface area contributed by atoms with E-state index < -0.39 is 6.10 Å². The van der Waals surface area contributed by atoms with E-state index in [-0.39, 0.29) is 24.2 Å². The number of nitrogens with one attached hydrogen (secondary N) is 1. The minimum atomic E-state index is -0.438. The summed E-state index contributed by atoms with van der Waals surface area (Å²) >= 11 is 0. The highest BCUT2D eigenvalue weighted by molar-refractivity contribution is 5.87. The summed E-state index contributed by atoms with van der Waals surface area (Å²) in [6.45, 7) is 0.462. The molecule has 3 atom stereocenters. The van der Waals surface area contributed by atoms with Crippen LogP contribution in [0, 0.1) is 5.92 Å². The molecule has 0 saturated heterocycles. The third-order valence-corrected chi connectivity index (χ3v) is 5.24. The summed E-state index contributed by atoms with van der Waals surface area (Å²) < 4.78 is 7.37. The normalized spacial score (nSPS) is 22.8. The Morgan fingerprint density at radius 2 is 2.23 bits per heavy atom. The van der Waals surface area contributed by atoms with Gasteiger partial charge in [0.05, 0.1) is 18.8 Å². The Morgan fingerprint density at radius 3 is 3.04 bits per heavy atom. The number of carbonyl (C=O) groups excluding carboxylic acids is 1. The summed E-state index contributed by atoms with van der Waals surface area (Å²) in [7, 11) is 1.91. The van der Waals surface area contributed by atoms with Crippen LogP contribution in [0.3, 0.4) is 0 Å². The number of carbonyl (C=O) groups is 1. The molecule has 1 aliphatic carbocycles. The third-order valence-electron chi connectivity index (χ3n) is 5.24. The molecular formula is C19H22N4O3. The van der Waals surface area contributed by atoms with Crippen molar-refractivity contribution >= 4 is 16.9 Å². The maximum absolute atomic E-state index is 12.3. The molecule has 0 spiro atoms. The van der Waals surface area contributed by atoms with E-state index in [1.807, 2.05) is 35.9 Å². The van der Waals surface area contributed by atoms with Crippen LogP contribution in [0.1, 0.15) is 30.1 Å². The number of furan rings is 1. The fraction of sp³-hybridized carbons (Fsp3) is 0.421. The summed E-state index contributed by atoms with van der Waals surface area (Å²) in [6.07, 6.45) is 4.59. The minimum absolute atomic E-state index is 0.0294. The lowest BCUT2D eigenvalue weighted by atomic mass is 10.0. The molecule has 3 aromatic rings. The summed E-state index contributed by atoms with van der Waals surface area (Å²) in [6, 6.07) is 7.68. The van der Waals surface area contributed by atoms with Crippen molar-refractivity contribution < 1.29 is 14.3 Å². The molecule has 1 fully saturated rings. The molecule has 0 aliphatic heterocycles. The molecule has 136 valence electrons. The van der Waals surface area contributed by atoms with E-state index in [4.69, 9.17) is 4.42 Å². The smallest absolute Gasteiger partial charge is 0.224 e. The van der Waals surface area contributed by atoms with E-state index in [1.165, 1.54) is 0 Å². The van der Waals surface area contributed by atoms with E-state index in [1.54, 1.807) is 12.6 Å². The van der Waals surface area contributed by atoms with Crippen molar-refractivity contribution in [3.05, 3.63) is 48.2 Å². The number of amides is 1. The quantitative estimate of drug-likeness (QED) is 0.728. The van der Waals surface area contributed by atoms with E-state index in [9.17, 15) is 9.90 Å². The topological polar surface area (TPSA) is 93.2 Å². The van der Waals surface area contributed by atoms with Crippen LogP contribution >= 0.6 is 0 Å². The Bertz CT molecular complexity index is 916. The maximum atomic E-state index is 12.3. The first-order valence-electron chi connectivity index (χ1n) is 8.85. The highest BCUT2D eigenvalue weighted by Crippen LogP contribution is 2.37. The van der Waals surface area contributed by atoms with Crippen LogP contribution in [0.25, 0.3) is 11.0 Å². The third kappa shape index (κ3) is 3.22. The van der Waals surface area contributed by atoms with Gasteiger partial charge in [0.25, 0.3) is 0 Å². The van der Waals surface area contributed by atoms with Gasteiger partial charge in [-0.15, -0.1) is 10.2 Å². The van der Waals surface area contributed by atoms with Crippen LogP contribution in [-0.2, 0) is 18.3 Å². The molecule has 26 heavy (non-hydrogen) atoms. The molecule has 1 aliphatic rings. The molecule has 1 aromatic carbocycles. The van der Waals surface area contributed by atoms with Crippen molar-refractivity contribution in [2.45, 2.75) is 31.3 Å². The zero-order valence-electron chi connectivity index (χ0n) is 14.6. The lowest BCUT2D eigenvalue weighted by molar-refractivity contribution is -0.120. The Morgan fingerprint density at radius 1 is 1.38 bits per heavy atom. The van der Waals surface area contributed by atoms with Gasteiger partial charge in [0.2, 0.25) is 5.91 Å². The van der Waals surface area contributed by atoms with Crippen LogP contribution < -0.4 is 5.32 Å². The zero-order chi connectivity index (χ0) is 18.1. The molecule has 0 unspecified atom stereocenters. The Balaban J connectivity index is 1.34. The second-order valence-electron chi connectivity index (χ2n) is 7.03. The van der Waals surface area contributed by atoms with Gasteiger partial charge in [-0.25, -0.2) is 0 Å². The minimum Gasteiger partial charge on any atom is -0.464 e. The fourth-order valence-electron chi connectivity index (χ4n) is 3.84. The van der Waals surface area contributed by atoms with Gasteiger partial charge in [0.15, 0.2) is 0 Å². The van der Waals surface area contributed by atoms with Gasteiger partial charge in [-0.1, -0.05) is 18.2 Å². The number of aliphatic hydroxyl groups excluding tert-OH is 1. The van der Waals surface area contributed by atoms with Gasteiger partial charge in [-0.2, -0.15) is 0 Å². The number of fused-ring (bicyclic) bond motifs is 1. The van der Waals surface area contributed by atoms with Crippen molar-refractivity contribution in [3.8, 4) is 0 Å². The maximum Gasteiger partial charge on any atom is 0.224 e. The predicted molar refractivity (Wildman–Crippen MR) is 95.4 cm³/mol. The molecular weight excluding hydrogens is 332 g/mol. The van der Waals surface area contributed by atoms with Gasteiger partial charge in [-0.3, -0.25) is 4.79 Å². The summed E-state index contributed by atoms with van der Waals surface area (Å²) in [4.78, 5) is 12.3. The van der Waals surface area contributed by atoms with Crippen molar-refractivity contribution in [1.82, 2.24) is 20.1 Å². The SMILES string of the molecule is Cn1cnnc1[C@H]1C[C@H](CNC(=O)Cc2coc3ccccc23)[C@H](O)C1. The first-order chi connectivity index (χ1) is 12.6. The van der Waals surface area contributed by atoms with Crippen molar-refractivity contribution in [2.24, 2.45) is 13.0 Å². The predicted octanol–water partition coefficient (Wildman–Crippen LogP) is 1.77. The molecule has 4 rings (SSSR count). The Hall–Kier alpha value is -2.67. The monoisotopic (exact) mass is 354 g/mol. The van der Waals surface area contributed by atoms with Crippen molar-refractivity contribution in [3.63, 3.8) is 0 Å². The fourth-order valence-corrected chi connectivity index (χ4v) is 3.84. The largest absolute Gasteiger partial charge is 0.464 e. The van der Waals surface area contributed by atoms with Crippen LogP contribution in [0.15, 0.2) is 41.3 Å². The number of rotatable bonds is 5. The van der Waals surface area contributed by atoms with E-state index in [0.717, 1.165) is 28.8 Å². The number of benzene rings is 1. The number of nitrogens with zero attached hydrogens (tertiary/aromatic N) is 3. The van der Waals surface area contributed by atoms with Gasteiger partial charge >= 0.3 is 0 Å². The lowest BCUT2D eigenvalue weighted by Gasteiger charge is -2.15. The highest BCUT2D eigenvalue weighted by Gasteiger charge is 2.36. The van der Waals surface area contributed by atoms with Gasteiger partial charge < -0.3 is 19.4 Å². The summed E-state index contributed by atoms with van der Waals surface area (Å²) in [5.41, 5.74) is 1.66. The van der Waals surface area contributed by atoms with Crippen LogP contribution in [0.4, 0.5) is 0 Å². The van der Waals surface area contributed by atoms with Gasteiger partial charge in [0, 0.05) is 36.4 Å². The number of aliphatic hydroxyl groups is 1. The molecule has 2 heterocycles. The summed E-state index contributed by atoms with van der Waals surface area (Å²) in [5, 5.41) is 22.3. The Kier molecular flexibility index (Phi) is 4.46. The molecule has 7 nitrogen and oxygen atoms in total. The summed E-state index contributed by atoms with van der Waals surface area (Å²) in [5.74, 6) is 1.03. The van der Waals surface area contributed by atoms with Crippen molar-refractivity contribution in [2.75, 3.05) is 6.54 Å². The number of para-hydroxylation sites is 1. The molecule has 0 bridgehead atoms. The number of hydrogen-bond acceptors (Lipinski definition) is 5. The standard InChI is InChI=1S/C19H22N4O3/c1-23-11-21-22-19(23)12-6-13(16(24)7-12)9-20-18(25)8-14-10-26-17-5-3-2-4-15(14)17/h2-5,10-13,16,24H,6-9H2,1H3,(H,20,25)/t12-,13+,16+/m0/s1. The molecule has 2 N–H and O–H groups in total. The van der Waals surface area contributed by atoms with Gasteiger partial charge in [-0.05, 0) is 18.9 Å². The highest BCUT2D eigenvalue weighted by atomic mass is 16.3. The number of aryl methyl sites for hydroxylation is 1. The second-order valence-corrected chi connectivity index (χ2v) is 7.03. The molecule has 1 saturated carbocycles. The van der Waals surface area contributed by atoms with Crippen molar-refractivity contribution in [1.29, 1.82) is 0 Å². The van der Waals surface area contributed by atoms with E-state index in [2.05, 4.69) is 15.5 Å². The molecule has 2 aromatic heterocycles. The van der Waals surface area contributed by atoms with Crippen LogP contribution in [-0.4, -0.2) is 38.4 Å².